The molecule has 86 valence electrons. The molecular formula is C13H29N. The SMILES string of the molecule is CCC(C)CCCN(C(C)C)C(C)C. The minimum absolute atomic E-state index is 0.687. The highest BCUT2D eigenvalue weighted by atomic mass is 15.2. The van der Waals surface area contributed by atoms with Crippen molar-refractivity contribution in [2.45, 2.75) is 72.9 Å². The molecule has 0 rings (SSSR count). The Hall–Kier alpha value is -0.0400. The van der Waals surface area contributed by atoms with E-state index in [0.717, 1.165) is 5.92 Å². The largest absolute Gasteiger partial charge is 0.299 e. The van der Waals surface area contributed by atoms with E-state index in [0.29, 0.717) is 12.1 Å². The van der Waals surface area contributed by atoms with E-state index in [1.54, 1.807) is 0 Å². The molecule has 0 saturated carbocycles. The van der Waals surface area contributed by atoms with E-state index < -0.39 is 0 Å². The fourth-order valence-corrected chi connectivity index (χ4v) is 1.94. The van der Waals surface area contributed by atoms with Crippen molar-refractivity contribution in [2.75, 3.05) is 6.54 Å². The molecular weight excluding hydrogens is 170 g/mol. The average molecular weight is 199 g/mol. The van der Waals surface area contributed by atoms with Crippen LogP contribution in [-0.4, -0.2) is 23.5 Å². The Kier molecular flexibility index (Phi) is 7.26. The molecule has 0 heterocycles. The molecule has 0 aliphatic carbocycles. The van der Waals surface area contributed by atoms with Crippen LogP contribution >= 0.6 is 0 Å². The first-order valence-electron chi connectivity index (χ1n) is 6.24. The average Bonchev–Trinajstić information content (AvgIpc) is 2.10. The van der Waals surface area contributed by atoms with Crippen LogP contribution in [0.25, 0.3) is 0 Å². The van der Waals surface area contributed by atoms with Gasteiger partial charge in [0.2, 0.25) is 0 Å². The van der Waals surface area contributed by atoms with E-state index in [2.05, 4.69) is 46.4 Å². The van der Waals surface area contributed by atoms with Crippen molar-refractivity contribution in [1.82, 2.24) is 4.90 Å². The monoisotopic (exact) mass is 199 g/mol. The third-order valence-corrected chi connectivity index (χ3v) is 3.14. The summed E-state index contributed by atoms with van der Waals surface area (Å²) in [5.74, 6) is 0.899. The van der Waals surface area contributed by atoms with Crippen LogP contribution in [0.4, 0.5) is 0 Å². The number of nitrogens with zero attached hydrogens (tertiary/aromatic N) is 1. The standard InChI is InChI=1S/C13H29N/c1-7-13(6)9-8-10-14(11(2)3)12(4)5/h11-13H,7-10H2,1-6H3. The van der Waals surface area contributed by atoms with E-state index in [1.807, 2.05) is 0 Å². The summed E-state index contributed by atoms with van der Waals surface area (Å²) in [7, 11) is 0. The van der Waals surface area contributed by atoms with Crippen molar-refractivity contribution in [3.8, 4) is 0 Å². The molecule has 1 nitrogen and oxygen atoms in total. The van der Waals surface area contributed by atoms with E-state index in [-0.39, 0.29) is 0 Å². The van der Waals surface area contributed by atoms with Gasteiger partial charge in [-0.05, 0) is 53.0 Å². The lowest BCUT2D eigenvalue weighted by atomic mass is 10.0. The van der Waals surface area contributed by atoms with Crippen molar-refractivity contribution in [2.24, 2.45) is 5.92 Å². The van der Waals surface area contributed by atoms with Crippen LogP contribution in [0.1, 0.15) is 60.8 Å². The summed E-state index contributed by atoms with van der Waals surface area (Å²) in [6.45, 7) is 15.1. The Labute approximate surface area is 90.9 Å². The predicted molar refractivity (Wildman–Crippen MR) is 65.7 cm³/mol. The summed E-state index contributed by atoms with van der Waals surface area (Å²) in [5, 5.41) is 0. The number of hydrogen-bond donors (Lipinski definition) is 0. The summed E-state index contributed by atoms with van der Waals surface area (Å²) in [6.07, 6.45) is 4.06. The Balaban J connectivity index is 3.72. The minimum atomic E-state index is 0.687. The van der Waals surface area contributed by atoms with E-state index in [4.69, 9.17) is 0 Å². The number of hydrogen-bond acceptors (Lipinski definition) is 1. The number of rotatable bonds is 7. The van der Waals surface area contributed by atoms with Gasteiger partial charge in [0.05, 0.1) is 0 Å². The molecule has 0 radical (unpaired) electrons. The molecule has 0 fully saturated rings. The first-order valence-corrected chi connectivity index (χ1v) is 6.24. The van der Waals surface area contributed by atoms with Crippen LogP contribution in [0.2, 0.25) is 0 Å². The third kappa shape index (κ3) is 5.64. The summed E-state index contributed by atoms with van der Waals surface area (Å²) >= 11 is 0. The molecule has 14 heavy (non-hydrogen) atoms. The fourth-order valence-electron chi connectivity index (χ4n) is 1.94. The first-order chi connectivity index (χ1) is 6.49. The van der Waals surface area contributed by atoms with Gasteiger partial charge in [0.25, 0.3) is 0 Å². The maximum Gasteiger partial charge on any atom is 0.00412 e. The normalized spacial score (nSPS) is 14.4. The maximum atomic E-state index is 2.59. The van der Waals surface area contributed by atoms with Crippen molar-refractivity contribution in [3.05, 3.63) is 0 Å². The fraction of sp³-hybridized carbons (Fsp3) is 1.00. The molecule has 0 N–H and O–H groups in total. The minimum Gasteiger partial charge on any atom is -0.299 e. The van der Waals surface area contributed by atoms with Crippen LogP contribution in [0.5, 0.6) is 0 Å². The van der Waals surface area contributed by atoms with Gasteiger partial charge in [-0.3, -0.25) is 4.90 Å². The van der Waals surface area contributed by atoms with Gasteiger partial charge in [-0.15, -0.1) is 0 Å². The van der Waals surface area contributed by atoms with Crippen LogP contribution < -0.4 is 0 Å². The van der Waals surface area contributed by atoms with Crippen molar-refractivity contribution in [3.63, 3.8) is 0 Å². The molecule has 0 saturated heterocycles. The zero-order valence-corrected chi connectivity index (χ0v) is 11.0. The maximum absolute atomic E-state index is 2.59. The molecule has 0 aliphatic heterocycles. The Morgan fingerprint density at radius 3 is 1.79 bits per heavy atom. The Morgan fingerprint density at radius 2 is 1.43 bits per heavy atom. The second-order valence-corrected chi connectivity index (χ2v) is 5.08. The van der Waals surface area contributed by atoms with Gasteiger partial charge in [0, 0.05) is 12.1 Å². The lowest BCUT2D eigenvalue weighted by molar-refractivity contribution is 0.168. The topological polar surface area (TPSA) is 3.24 Å². The van der Waals surface area contributed by atoms with Gasteiger partial charge in [-0.1, -0.05) is 20.3 Å². The molecule has 0 aliphatic rings. The second kappa shape index (κ2) is 7.28. The summed E-state index contributed by atoms with van der Waals surface area (Å²) in [6, 6.07) is 1.37. The lowest BCUT2D eigenvalue weighted by Gasteiger charge is -2.30. The molecule has 0 spiro atoms. The summed E-state index contributed by atoms with van der Waals surface area (Å²) in [5.41, 5.74) is 0. The van der Waals surface area contributed by atoms with Gasteiger partial charge in [0.1, 0.15) is 0 Å². The summed E-state index contributed by atoms with van der Waals surface area (Å²) < 4.78 is 0. The van der Waals surface area contributed by atoms with Gasteiger partial charge < -0.3 is 0 Å². The van der Waals surface area contributed by atoms with Crippen molar-refractivity contribution >= 4 is 0 Å². The van der Waals surface area contributed by atoms with Crippen LogP contribution in [-0.2, 0) is 0 Å². The lowest BCUT2D eigenvalue weighted by Crippen LogP contribution is -2.37. The van der Waals surface area contributed by atoms with Crippen molar-refractivity contribution < 1.29 is 0 Å². The van der Waals surface area contributed by atoms with Crippen LogP contribution in [0.3, 0.4) is 0 Å². The van der Waals surface area contributed by atoms with E-state index >= 15 is 0 Å². The highest BCUT2D eigenvalue weighted by Crippen LogP contribution is 2.12. The van der Waals surface area contributed by atoms with Crippen LogP contribution in [0.15, 0.2) is 0 Å². The van der Waals surface area contributed by atoms with Crippen LogP contribution in [0, 0.1) is 5.92 Å². The molecule has 1 heteroatoms. The molecule has 0 amide bonds. The Morgan fingerprint density at radius 1 is 0.929 bits per heavy atom. The first kappa shape index (κ1) is 14.0. The zero-order valence-electron chi connectivity index (χ0n) is 11.0. The molecule has 0 bridgehead atoms. The molecule has 1 atom stereocenters. The molecule has 0 aromatic heterocycles. The third-order valence-electron chi connectivity index (χ3n) is 3.14. The van der Waals surface area contributed by atoms with Gasteiger partial charge in [-0.25, -0.2) is 0 Å². The highest BCUT2D eigenvalue weighted by molar-refractivity contribution is 4.67. The highest BCUT2D eigenvalue weighted by Gasteiger charge is 2.12. The predicted octanol–water partition coefficient (Wildman–Crippen LogP) is 3.93. The summed E-state index contributed by atoms with van der Waals surface area (Å²) in [4.78, 5) is 2.59. The van der Waals surface area contributed by atoms with Gasteiger partial charge >= 0.3 is 0 Å². The molecule has 1 unspecified atom stereocenters. The Bertz CT molecular complexity index is 121. The van der Waals surface area contributed by atoms with Gasteiger partial charge in [-0.2, -0.15) is 0 Å². The zero-order chi connectivity index (χ0) is 11.1. The van der Waals surface area contributed by atoms with Crippen molar-refractivity contribution in [1.29, 1.82) is 0 Å². The van der Waals surface area contributed by atoms with Gasteiger partial charge in [0.15, 0.2) is 0 Å². The van der Waals surface area contributed by atoms with E-state index in [9.17, 15) is 0 Å². The molecule has 0 aromatic carbocycles. The van der Waals surface area contributed by atoms with E-state index in [1.165, 1.54) is 25.8 Å². The second-order valence-electron chi connectivity index (χ2n) is 5.08. The quantitative estimate of drug-likeness (QED) is 0.600. The molecule has 0 aromatic rings. The smallest absolute Gasteiger partial charge is 0.00412 e.